The van der Waals surface area contributed by atoms with Gasteiger partial charge in [0.15, 0.2) is 9.84 Å². The number of halogens is 3. The molecule has 0 amide bonds. The van der Waals surface area contributed by atoms with E-state index in [1.807, 2.05) is 0 Å². The van der Waals surface area contributed by atoms with E-state index in [9.17, 15) is 21.6 Å². The summed E-state index contributed by atoms with van der Waals surface area (Å²) in [7, 11) is -4.01. The van der Waals surface area contributed by atoms with Gasteiger partial charge in [-0.1, -0.05) is 12.1 Å². The van der Waals surface area contributed by atoms with Crippen molar-refractivity contribution in [2.45, 2.75) is 67.1 Å². The Morgan fingerprint density at radius 2 is 1.70 bits per heavy atom. The molecule has 1 aromatic carbocycles. The Labute approximate surface area is 133 Å². The third-order valence-corrected chi connectivity index (χ3v) is 6.99. The van der Waals surface area contributed by atoms with Crippen molar-refractivity contribution in [2.24, 2.45) is 0 Å². The number of hydrogen-bond acceptors (Lipinski definition) is 3. The molecule has 23 heavy (non-hydrogen) atoms. The lowest BCUT2D eigenvalue weighted by Gasteiger charge is -2.28. The summed E-state index contributed by atoms with van der Waals surface area (Å²) in [6.07, 6.45) is -0.300. The molecule has 3 rings (SSSR count). The maximum atomic E-state index is 13.1. The maximum absolute atomic E-state index is 13.1. The second-order valence-electron chi connectivity index (χ2n) is 6.28. The summed E-state index contributed by atoms with van der Waals surface area (Å²) < 4.78 is 70.4. The molecule has 2 saturated carbocycles. The predicted molar refractivity (Wildman–Crippen MR) is 78.8 cm³/mol. The van der Waals surface area contributed by atoms with Crippen LogP contribution in [-0.2, 0) is 20.8 Å². The highest BCUT2D eigenvalue weighted by Crippen LogP contribution is 2.39. The minimum absolute atomic E-state index is 0.155. The molecule has 2 aliphatic rings. The third kappa shape index (κ3) is 3.40. The van der Waals surface area contributed by atoms with Gasteiger partial charge in [0.05, 0.1) is 27.9 Å². The molecular formula is C16H19F3O3S. The summed E-state index contributed by atoms with van der Waals surface area (Å²) in [4.78, 5) is -0.609. The van der Waals surface area contributed by atoms with Crippen molar-refractivity contribution in [3.8, 4) is 0 Å². The molecule has 0 aromatic heterocycles. The van der Waals surface area contributed by atoms with Crippen LogP contribution < -0.4 is 0 Å². The van der Waals surface area contributed by atoms with Crippen molar-refractivity contribution in [3.05, 3.63) is 29.8 Å². The monoisotopic (exact) mass is 348 g/mol. The minimum Gasteiger partial charge on any atom is -0.375 e. The zero-order chi connectivity index (χ0) is 16.7. The second kappa shape index (κ2) is 6.09. The Morgan fingerprint density at radius 3 is 2.30 bits per heavy atom. The van der Waals surface area contributed by atoms with Crippen LogP contribution in [0.1, 0.15) is 44.1 Å². The number of hydrogen-bond donors (Lipinski definition) is 0. The first-order valence-electron chi connectivity index (χ1n) is 7.84. The van der Waals surface area contributed by atoms with Gasteiger partial charge in [-0.25, -0.2) is 8.42 Å². The Kier molecular flexibility index (Phi) is 4.44. The first-order valence-corrected chi connectivity index (χ1v) is 9.38. The predicted octanol–water partition coefficient (Wildman–Crippen LogP) is 3.97. The van der Waals surface area contributed by atoms with Crippen LogP contribution in [0.4, 0.5) is 13.2 Å². The SMILES string of the molecule is O=S(=O)(c1ccccc1C(F)(F)F)[C@@H]1CC[C@@H](OC2CCC2)C1. The largest absolute Gasteiger partial charge is 0.417 e. The van der Waals surface area contributed by atoms with Crippen molar-refractivity contribution in [2.75, 3.05) is 0 Å². The van der Waals surface area contributed by atoms with Crippen molar-refractivity contribution < 1.29 is 26.3 Å². The third-order valence-electron chi connectivity index (χ3n) is 4.71. The van der Waals surface area contributed by atoms with E-state index >= 15 is 0 Å². The lowest BCUT2D eigenvalue weighted by atomic mass is 9.96. The van der Waals surface area contributed by atoms with Crippen LogP contribution in [0.3, 0.4) is 0 Å². The number of benzene rings is 1. The first kappa shape index (κ1) is 16.8. The van der Waals surface area contributed by atoms with Gasteiger partial charge in [-0.15, -0.1) is 0 Å². The molecule has 0 saturated heterocycles. The molecular weight excluding hydrogens is 329 g/mol. The summed E-state index contributed by atoms with van der Waals surface area (Å²) in [5, 5.41) is -0.795. The van der Waals surface area contributed by atoms with E-state index in [4.69, 9.17) is 4.74 Å². The van der Waals surface area contributed by atoms with Gasteiger partial charge in [0.1, 0.15) is 0 Å². The van der Waals surface area contributed by atoms with Gasteiger partial charge in [0, 0.05) is 0 Å². The van der Waals surface area contributed by atoms with Gasteiger partial charge < -0.3 is 4.74 Å². The molecule has 2 atom stereocenters. The lowest BCUT2D eigenvalue weighted by molar-refractivity contribution is -0.139. The molecule has 2 aliphatic carbocycles. The molecule has 0 aliphatic heterocycles. The molecule has 0 N–H and O–H groups in total. The van der Waals surface area contributed by atoms with E-state index in [2.05, 4.69) is 0 Å². The van der Waals surface area contributed by atoms with Crippen LogP contribution in [0.25, 0.3) is 0 Å². The standard InChI is InChI=1S/C16H19F3O3S/c17-16(18,19)14-6-1-2-7-15(14)23(20,21)13-9-8-12(10-13)22-11-4-3-5-11/h1-2,6-7,11-13H,3-5,8-10H2/t12-,13-/m1/s1. The molecule has 0 radical (unpaired) electrons. The normalized spacial score (nSPS) is 26.2. The van der Waals surface area contributed by atoms with E-state index in [1.54, 1.807) is 0 Å². The van der Waals surface area contributed by atoms with Crippen LogP contribution in [0.5, 0.6) is 0 Å². The average Bonchev–Trinajstić information content (AvgIpc) is 2.91. The average molecular weight is 348 g/mol. The number of rotatable bonds is 4. The summed E-state index contributed by atoms with van der Waals surface area (Å²) in [5.41, 5.74) is -1.08. The van der Waals surface area contributed by atoms with Gasteiger partial charge in [0.25, 0.3) is 0 Å². The van der Waals surface area contributed by atoms with Crippen molar-refractivity contribution in [3.63, 3.8) is 0 Å². The fourth-order valence-electron chi connectivity index (χ4n) is 3.21. The Hall–Kier alpha value is -1.08. The minimum atomic E-state index is -4.68. The van der Waals surface area contributed by atoms with E-state index in [-0.39, 0.29) is 18.6 Å². The lowest BCUT2D eigenvalue weighted by Crippen LogP contribution is -2.28. The smallest absolute Gasteiger partial charge is 0.375 e. The quantitative estimate of drug-likeness (QED) is 0.827. The number of ether oxygens (including phenoxy) is 1. The van der Waals surface area contributed by atoms with Gasteiger partial charge in [-0.05, 0) is 50.7 Å². The van der Waals surface area contributed by atoms with Gasteiger partial charge in [-0.2, -0.15) is 13.2 Å². The topological polar surface area (TPSA) is 43.4 Å². The highest BCUT2D eigenvalue weighted by atomic mass is 32.2. The molecule has 0 unspecified atom stereocenters. The van der Waals surface area contributed by atoms with Crippen LogP contribution >= 0.6 is 0 Å². The Bertz CT molecular complexity index is 665. The van der Waals surface area contributed by atoms with E-state index in [0.717, 1.165) is 31.4 Å². The number of alkyl halides is 3. The van der Waals surface area contributed by atoms with E-state index in [0.29, 0.717) is 12.8 Å². The van der Waals surface area contributed by atoms with Crippen molar-refractivity contribution in [1.82, 2.24) is 0 Å². The second-order valence-corrected chi connectivity index (χ2v) is 8.48. The summed E-state index contributed by atoms with van der Waals surface area (Å²) in [5.74, 6) is 0. The Balaban J connectivity index is 1.80. The summed E-state index contributed by atoms with van der Waals surface area (Å²) in [6, 6.07) is 4.42. The summed E-state index contributed by atoms with van der Waals surface area (Å²) >= 11 is 0. The van der Waals surface area contributed by atoms with Crippen LogP contribution in [0, 0.1) is 0 Å². The first-order chi connectivity index (χ1) is 10.8. The fraction of sp³-hybridized carbons (Fsp3) is 0.625. The van der Waals surface area contributed by atoms with Crippen LogP contribution in [0.15, 0.2) is 29.2 Å². The van der Waals surface area contributed by atoms with Gasteiger partial charge >= 0.3 is 6.18 Å². The van der Waals surface area contributed by atoms with Crippen molar-refractivity contribution >= 4 is 9.84 Å². The molecule has 0 heterocycles. The van der Waals surface area contributed by atoms with E-state index < -0.39 is 31.7 Å². The molecule has 0 spiro atoms. The molecule has 1 aromatic rings. The molecule has 2 fully saturated rings. The zero-order valence-corrected chi connectivity index (χ0v) is 13.4. The van der Waals surface area contributed by atoms with E-state index in [1.165, 1.54) is 12.1 Å². The molecule has 128 valence electrons. The van der Waals surface area contributed by atoms with Gasteiger partial charge in [0.2, 0.25) is 0 Å². The number of sulfone groups is 1. The highest BCUT2D eigenvalue weighted by molar-refractivity contribution is 7.92. The zero-order valence-electron chi connectivity index (χ0n) is 12.6. The summed E-state index contributed by atoms with van der Waals surface area (Å²) in [6.45, 7) is 0. The molecule has 3 nitrogen and oxygen atoms in total. The highest BCUT2D eigenvalue weighted by Gasteiger charge is 2.42. The molecule has 7 heteroatoms. The van der Waals surface area contributed by atoms with Crippen LogP contribution in [-0.4, -0.2) is 25.9 Å². The fourth-order valence-corrected chi connectivity index (χ4v) is 5.25. The van der Waals surface area contributed by atoms with Crippen molar-refractivity contribution in [1.29, 1.82) is 0 Å². The van der Waals surface area contributed by atoms with Gasteiger partial charge in [-0.3, -0.25) is 0 Å². The van der Waals surface area contributed by atoms with Crippen LogP contribution in [0.2, 0.25) is 0 Å². The Morgan fingerprint density at radius 1 is 1.00 bits per heavy atom. The molecule has 0 bridgehead atoms. The maximum Gasteiger partial charge on any atom is 0.417 e.